The Labute approximate surface area is 152 Å². The molecule has 26 heavy (non-hydrogen) atoms. The van der Waals surface area contributed by atoms with Gasteiger partial charge in [-0.25, -0.2) is 4.98 Å². The van der Waals surface area contributed by atoms with E-state index in [9.17, 15) is 4.79 Å². The molecule has 8 nitrogen and oxygen atoms in total. The summed E-state index contributed by atoms with van der Waals surface area (Å²) in [5.74, 6) is 1.86. The van der Waals surface area contributed by atoms with Gasteiger partial charge in [0.25, 0.3) is 5.78 Å². The van der Waals surface area contributed by atoms with E-state index in [4.69, 9.17) is 0 Å². The number of aryl methyl sites for hydroxylation is 1. The topological polar surface area (TPSA) is 97.1 Å². The second kappa shape index (κ2) is 7.90. The Morgan fingerprint density at radius 3 is 2.92 bits per heavy atom. The molecule has 0 fully saturated rings. The van der Waals surface area contributed by atoms with Gasteiger partial charge in [-0.2, -0.15) is 9.50 Å². The van der Waals surface area contributed by atoms with Gasteiger partial charge >= 0.3 is 0 Å². The lowest BCUT2D eigenvalue weighted by atomic mass is 10.2. The van der Waals surface area contributed by atoms with Crippen LogP contribution in [0.5, 0.6) is 0 Å². The summed E-state index contributed by atoms with van der Waals surface area (Å²) >= 11 is 0. The SMILES string of the molecule is CC[C@H](C)NC(=O)CCNc1cc(C)nc2nc(-c3cccnc3)nn12. The number of fused-ring (bicyclic) bond motifs is 1. The van der Waals surface area contributed by atoms with Gasteiger partial charge in [-0.05, 0) is 32.4 Å². The lowest BCUT2D eigenvalue weighted by molar-refractivity contribution is -0.121. The largest absolute Gasteiger partial charge is 0.369 e. The molecule has 0 aliphatic carbocycles. The summed E-state index contributed by atoms with van der Waals surface area (Å²) in [6.07, 6.45) is 4.73. The predicted octanol–water partition coefficient (Wildman–Crippen LogP) is 2.21. The molecule has 136 valence electrons. The third-order valence-corrected chi connectivity index (χ3v) is 4.04. The van der Waals surface area contributed by atoms with Gasteiger partial charge in [-0.3, -0.25) is 9.78 Å². The van der Waals surface area contributed by atoms with E-state index in [2.05, 4.69) is 30.7 Å². The minimum Gasteiger partial charge on any atom is -0.369 e. The number of carbonyl (C=O) groups excluding carboxylic acids is 1. The van der Waals surface area contributed by atoms with Gasteiger partial charge in [0.05, 0.1) is 0 Å². The molecule has 0 aromatic carbocycles. The maximum atomic E-state index is 11.9. The summed E-state index contributed by atoms with van der Waals surface area (Å²) in [6, 6.07) is 5.83. The Hall–Kier alpha value is -3.03. The highest BCUT2D eigenvalue weighted by Gasteiger charge is 2.12. The van der Waals surface area contributed by atoms with E-state index in [0.717, 1.165) is 23.5 Å². The monoisotopic (exact) mass is 353 g/mol. The van der Waals surface area contributed by atoms with Crippen molar-refractivity contribution in [1.29, 1.82) is 0 Å². The molecule has 3 heterocycles. The van der Waals surface area contributed by atoms with Gasteiger partial charge < -0.3 is 10.6 Å². The Balaban J connectivity index is 1.76. The number of pyridine rings is 1. The van der Waals surface area contributed by atoms with Gasteiger partial charge in [0.15, 0.2) is 5.82 Å². The molecule has 1 atom stereocenters. The normalized spacial score (nSPS) is 12.1. The van der Waals surface area contributed by atoms with E-state index < -0.39 is 0 Å². The lowest BCUT2D eigenvalue weighted by Gasteiger charge is -2.12. The number of anilines is 1. The standard InChI is InChI=1S/C18H23N7O/c1-4-12(2)21-16(26)7-9-20-15-10-13(3)22-18-23-17(24-25(15)18)14-6-5-8-19-11-14/h5-6,8,10-12,20H,4,7,9H2,1-3H3,(H,21,26)/t12-/m0/s1. The van der Waals surface area contributed by atoms with Gasteiger partial charge in [-0.15, -0.1) is 5.10 Å². The molecule has 8 heteroatoms. The minimum atomic E-state index is 0.0310. The summed E-state index contributed by atoms with van der Waals surface area (Å²) in [7, 11) is 0. The molecule has 3 rings (SSSR count). The Bertz CT molecular complexity index is 891. The van der Waals surface area contributed by atoms with E-state index in [-0.39, 0.29) is 11.9 Å². The Kier molecular flexibility index (Phi) is 5.40. The second-order valence-electron chi connectivity index (χ2n) is 6.23. The minimum absolute atomic E-state index is 0.0310. The van der Waals surface area contributed by atoms with Crippen LogP contribution in [0.25, 0.3) is 17.2 Å². The fourth-order valence-electron chi connectivity index (χ4n) is 2.48. The van der Waals surface area contributed by atoms with E-state index in [1.165, 1.54) is 0 Å². The van der Waals surface area contributed by atoms with Gasteiger partial charge in [0.1, 0.15) is 5.82 Å². The number of aromatic nitrogens is 5. The fraction of sp³-hybridized carbons (Fsp3) is 0.389. The van der Waals surface area contributed by atoms with E-state index in [1.54, 1.807) is 16.9 Å². The maximum absolute atomic E-state index is 11.9. The summed E-state index contributed by atoms with van der Waals surface area (Å²) in [5.41, 5.74) is 1.66. The molecule has 0 aliphatic heterocycles. The van der Waals surface area contributed by atoms with Crippen molar-refractivity contribution in [2.45, 2.75) is 39.7 Å². The zero-order valence-electron chi connectivity index (χ0n) is 15.2. The van der Waals surface area contributed by atoms with Crippen LogP contribution < -0.4 is 10.6 Å². The zero-order chi connectivity index (χ0) is 18.5. The first-order chi connectivity index (χ1) is 12.6. The highest BCUT2D eigenvalue weighted by Crippen LogP contribution is 2.17. The first kappa shape index (κ1) is 17.8. The van der Waals surface area contributed by atoms with Crippen LogP contribution in [0.2, 0.25) is 0 Å². The van der Waals surface area contributed by atoms with Crippen LogP contribution >= 0.6 is 0 Å². The van der Waals surface area contributed by atoms with Crippen molar-refractivity contribution in [3.05, 3.63) is 36.3 Å². The molecule has 0 saturated heterocycles. The van der Waals surface area contributed by atoms with Gasteiger partial charge in [0.2, 0.25) is 5.91 Å². The van der Waals surface area contributed by atoms with Crippen molar-refractivity contribution in [2.75, 3.05) is 11.9 Å². The van der Waals surface area contributed by atoms with Crippen LogP contribution in [0.3, 0.4) is 0 Å². The van der Waals surface area contributed by atoms with Crippen molar-refractivity contribution in [3.8, 4) is 11.4 Å². The molecular formula is C18H23N7O. The lowest BCUT2D eigenvalue weighted by Crippen LogP contribution is -2.33. The molecule has 3 aromatic heterocycles. The molecule has 0 bridgehead atoms. The molecule has 0 unspecified atom stereocenters. The number of hydrogen-bond acceptors (Lipinski definition) is 6. The van der Waals surface area contributed by atoms with E-state index >= 15 is 0 Å². The molecule has 0 radical (unpaired) electrons. The third kappa shape index (κ3) is 4.14. The highest BCUT2D eigenvalue weighted by atomic mass is 16.1. The first-order valence-corrected chi connectivity index (χ1v) is 8.75. The number of rotatable bonds is 7. The molecule has 3 aromatic rings. The molecule has 2 N–H and O–H groups in total. The van der Waals surface area contributed by atoms with Crippen LogP contribution in [0, 0.1) is 6.92 Å². The third-order valence-electron chi connectivity index (χ3n) is 4.04. The first-order valence-electron chi connectivity index (χ1n) is 8.75. The molecular weight excluding hydrogens is 330 g/mol. The summed E-state index contributed by atoms with van der Waals surface area (Å²) in [5, 5.41) is 10.7. The van der Waals surface area contributed by atoms with Gasteiger partial charge in [0, 0.05) is 48.7 Å². The predicted molar refractivity (Wildman–Crippen MR) is 99.8 cm³/mol. The second-order valence-corrected chi connectivity index (χ2v) is 6.23. The van der Waals surface area contributed by atoms with Crippen LogP contribution in [-0.2, 0) is 4.79 Å². The van der Waals surface area contributed by atoms with Crippen molar-refractivity contribution in [3.63, 3.8) is 0 Å². The van der Waals surface area contributed by atoms with Crippen LogP contribution in [-0.4, -0.2) is 43.1 Å². The Morgan fingerprint density at radius 2 is 2.19 bits per heavy atom. The van der Waals surface area contributed by atoms with Gasteiger partial charge in [-0.1, -0.05) is 6.92 Å². The number of amides is 1. The zero-order valence-corrected chi connectivity index (χ0v) is 15.2. The molecule has 0 aliphatic rings. The average molecular weight is 353 g/mol. The highest BCUT2D eigenvalue weighted by molar-refractivity contribution is 5.76. The summed E-state index contributed by atoms with van der Waals surface area (Å²) in [4.78, 5) is 24.9. The van der Waals surface area contributed by atoms with E-state index in [1.807, 2.05) is 39.0 Å². The van der Waals surface area contributed by atoms with Crippen LogP contribution in [0.1, 0.15) is 32.4 Å². The summed E-state index contributed by atoms with van der Waals surface area (Å²) in [6.45, 7) is 6.45. The van der Waals surface area contributed by atoms with Crippen LogP contribution in [0.15, 0.2) is 30.6 Å². The van der Waals surface area contributed by atoms with E-state index in [0.29, 0.717) is 24.6 Å². The van der Waals surface area contributed by atoms with Crippen LogP contribution in [0.4, 0.5) is 5.82 Å². The number of nitrogens with zero attached hydrogens (tertiary/aromatic N) is 5. The Morgan fingerprint density at radius 1 is 1.35 bits per heavy atom. The van der Waals surface area contributed by atoms with Crippen molar-refractivity contribution in [1.82, 2.24) is 29.9 Å². The van der Waals surface area contributed by atoms with Crippen molar-refractivity contribution >= 4 is 17.5 Å². The number of nitrogens with one attached hydrogen (secondary N) is 2. The molecule has 0 spiro atoms. The molecule has 1 amide bonds. The van der Waals surface area contributed by atoms with Crippen molar-refractivity contribution in [2.24, 2.45) is 0 Å². The summed E-state index contributed by atoms with van der Waals surface area (Å²) < 4.78 is 1.65. The quantitative estimate of drug-likeness (QED) is 0.676. The fourth-order valence-corrected chi connectivity index (χ4v) is 2.48. The number of carbonyl (C=O) groups is 1. The maximum Gasteiger partial charge on any atom is 0.254 e. The number of hydrogen-bond donors (Lipinski definition) is 2. The average Bonchev–Trinajstić information content (AvgIpc) is 3.06. The smallest absolute Gasteiger partial charge is 0.254 e. The molecule has 0 saturated carbocycles. The van der Waals surface area contributed by atoms with Crippen molar-refractivity contribution < 1.29 is 4.79 Å².